The molecule has 0 fully saturated rings. The summed E-state index contributed by atoms with van der Waals surface area (Å²) in [6.07, 6.45) is -4.95. The molecule has 0 saturated carbocycles. The summed E-state index contributed by atoms with van der Waals surface area (Å²) >= 11 is 0. The lowest BCUT2D eigenvalue weighted by Crippen LogP contribution is -2.28. The summed E-state index contributed by atoms with van der Waals surface area (Å²) in [6.45, 7) is 4.21. The highest BCUT2D eigenvalue weighted by Crippen LogP contribution is 2.26. The van der Waals surface area contributed by atoms with Crippen molar-refractivity contribution in [2.24, 2.45) is 5.92 Å². The molecular formula is C18H19F3N2O4S. The van der Waals surface area contributed by atoms with Crippen LogP contribution in [0.4, 0.5) is 18.9 Å². The van der Waals surface area contributed by atoms with E-state index in [0.29, 0.717) is 6.54 Å². The Bertz CT molecular complexity index is 944. The number of carbonyl (C=O) groups is 1. The molecule has 0 aromatic heterocycles. The van der Waals surface area contributed by atoms with Crippen molar-refractivity contribution >= 4 is 21.6 Å². The van der Waals surface area contributed by atoms with Crippen LogP contribution in [-0.4, -0.2) is 27.2 Å². The van der Waals surface area contributed by atoms with Crippen LogP contribution in [0, 0.1) is 5.92 Å². The highest BCUT2D eigenvalue weighted by molar-refractivity contribution is 7.92. The fourth-order valence-electron chi connectivity index (χ4n) is 2.20. The van der Waals surface area contributed by atoms with Crippen molar-refractivity contribution < 1.29 is 31.1 Å². The molecule has 2 rings (SSSR count). The second kappa shape index (κ2) is 8.51. The summed E-state index contributed by atoms with van der Waals surface area (Å²) in [7, 11) is -4.26. The van der Waals surface area contributed by atoms with Gasteiger partial charge in [0.15, 0.2) is 0 Å². The molecule has 0 bridgehead atoms. The van der Waals surface area contributed by atoms with Crippen LogP contribution in [0.5, 0.6) is 5.75 Å². The third-order valence-corrected chi connectivity index (χ3v) is 4.80. The van der Waals surface area contributed by atoms with Gasteiger partial charge >= 0.3 is 6.36 Å². The third kappa shape index (κ3) is 6.15. The number of halogens is 3. The number of anilines is 1. The fourth-order valence-corrected chi connectivity index (χ4v) is 3.32. The SMILES string of the molecule is CC(C)CNC(=O)c1ccccc1NS(=O)(=O)c1cccc(OC(F)(F)F)c1. The van der Waals surface area contributed by atoms with E-state index < -0.39 is 32.9 Å². The van der Waals surface area contributed by atoms with Gasteiger partial charge in [0.25, 0.3) is 15.9 Å². The van der Waals surface area contributed by atoms with Gasteiger partial charge in [-0.25, -0.2) is 8.42 Å². The number of carbonyl (C=O) groups excluding carboxylic acids is 1. The van der Waals surface area contributed by atoms with Gasteiger partial charge in [0.05, 0.1) is 16.1 Å². The van der Waals surface area contributed by atoms with Crippen LogP contribution in [0.1, 0.15) is 24.2 Å². The van der Waals surface area contributed by atoms with E-state index in [9.17, 15) is 26.4 Å². The van der Waals surface area contributed by atoms with E-state index >= 15 is 0 Å². The number of sulfonamides is 1. The Kier molecular flexibility index (Phi) is 6.55. The molecule has 0 atom stereocenters. The van der Waals surface area contributed by atoms with Gasteiger partial charge in [0.2, 0.25) is 0 Å². The topological polar surface area (TPSA) is 84.5 Å². The average Bonchev–Trinajstić information content (AvgIpc) is 2.58. The van der Waals surface area contributed by atoms with Crippen LogP contribution in [-0.2, 0) is 10.0 Å². The van der Waals surface area contributed by atoms with Gasteiger partial charge in [-0.1, -0.05) is 32.0 Å². The molecule has 10 heteroatoms. The van der Waals surface area contributed by atoms with Crippen molar-refractivity contribution in [2.45, 2.75) is 25.1 Å². The summed E-state index contributed by atoms with van der Waals surface area (Å²) in [5.74, 6) is -0.941. The normalized spacial score (nSPS) is 11.9. The zero-order valence-corrected chi connectivity index (χ0v) is 15.9. The maximum absolute atomic E-state index is 12.6. The number of hydrogen-bond donors (Lipinski definition) is 2. The molecule has 0 aliphatic heterocycles. The summed E-state index contributed by atoms with van der Waals surface area (Å²) in [5.41, 5.74) is 0.0975. The van der Waals surface area contributed by atoms with Crippen LogP contribution >= 0.6 is 0 Å². The maximum atomic E-state index is 12.6. The maximum Gasteiger partial charge on any atom is 0.573 e. The number of amides is 1. The molecule has 1 amide bonds. The molecular weight excluding hydrogens is 397 g/mol. The predicted molar refractivity (Wildman–Crippen MR) is 97.5 cm³/mol. The first-order valence-corrected chi connectivity index (χ1v) is 9.72. The molecule has 152 valence electrons. The van der Waals surface area contributed by atoms with E-state index in [-0.39, 0.29) is 17.2 Å². The Labute approximate surface area is 160 Å². The highest BCUT2D eigenvalue weighted by atomic mass is 32.2. The monoisotopic (exact) mass is 416 g/mol. The number of nitrogens with one attached hydrogen (secondary N) is 2. The van der Waals surface area contributed by atoms with E-state index in [0.717, 1.165) is 24.3 Å². The van der Waals surface area contributed by atoms with Crippen molar-refractivity contribution in [2.75, 3.05) is 11.3 Å². The Morgan fingerprint density at radius 3 is 2.43 bits per heavy atom. The minimum absolute atomic E-state index is 0.00546. The number of benzene rings is 2. The summed E-state index contributed by atoms with van der Waals surface area (Å²) < 4.78 is 68.2. The van der Waals surface area contributed by atoms with E-state index in [1.165, 1.54) is 18.2 Å². The van der Waals surface area contributed by atoms with Crippen molar-refractivity contribution in [1.29, 1.82) is 0 Å². The fraction of sp³-hybridized carbons (Fsp3) is 0.278. The molecule has 2 aromatic rings. The van der Waals surface area contributed by atoms with Crippen molar-refractivity contribution in [3.8, 4) is 5.75 Å². The third-order valence-electron chi connectivity index (χ3n) is 3.44. The highest BCUT2D eigenvalue weighted by Gasteiger charge is 2.31. The quantitative estimate of drug-likeness (QED) is 0.720. The Balaban J connectivity index is 2.28. The number of alkyl halides is 3. The lowest BCUT2D eigenvalue weighted by Gasteiger charge is -2.14. The van der Waals surface area contributed by atoms with Crippen molar-refractivity contribution in [3.63, 3.8) is 0 Å². The minimum atomic E-state index is -4.95. The first-order valence-electron chi connectivity index (χ1n) is 8.24. The van der Waals surface area contributed by atoms with E-state index in [1.807, 2.05) is 13.8 Å². The average molecular weight is 416 g/mol. The molecule has 0 aliphatic carbocycles. The van der Waals surface area contributed by atoms with Crippen molar-refractivity contribution in [3.05, 3.63) is 54.1 Å². The van der Waals surface area contributed by atoms with Crippen LogP contribution in [0.15, 0.2) is 53.4 Å². The lowest BCUT2D eigenvalue weighted by atomic mass is 10.1. The van der Waals surface area contributed by atoms with Gasteiger partial charge in [0, 0.05) is 12.6 Å². The van der Waals surface area contributed by atoms with Crippen LogP contribution in [0.2, 0.25) is 0 Å². The molecule has 0 spiro atoms. The summed E-state index contributed by atoms with van der Waals surface area (Å²) in [5, 5.41) is 2.68. The first kappa shape index (κ1) is 21.5. The Hall–Kier alpha value is -2.75. The first-order chi connectivity index (χ1) is 13.0. The Morgan fingerprint density at radius 1 is 1.11 bits per heavy atom. The van der Waals surface area contributed by atoms with Gasteiger partial charge < -0.3 is 10.1 Å². The van der Waals surface area contributed by atoms with Gasteiger partial charge in [-0.05, 0) is 30.2 Å². The smallest absolute Gasteiger partial charge is 0.406 e. The molecule has 0 saturated heterocycles. The zero-order chi connectivity index (χ0) is 20.9. The van der Waals surface area contributed by atoms with Gasteiger partial charge in [-0.3, -0.25) is 9.52 Å². The van der Waals surface area contributed by atoms with Gasteiger partial charge in [0.1, 0.15) is 5.75 Å². The predicted octanol–water partition coefficient (Wildman–Crippen LogP) is 3.77. The van der Waals surface area contributed by atoms with Crippen molar-refractivity contribution in [1.82, 2.24) is 5.32 Å². The van der Waals surface area contributed by atoms with E-state index in [4.69, 9.17) is 0 Å². The van der Waals surface area contributed by atoms with Gasteiger partial charge in [-0.2, -0.15) is 0 Å². The molecule has 0 heterocycles. The minimum Gasteiger partial charge on any atom is -0.406 e. The number of ether oxygens (including phenoxy) is 1. The molecule has 0 unspecified atom stereocenters. The summed E-state index contributed by atoms with van der Waals surface area (Å²) in [4.78, 5) is 11.9. The molecule has 0 radical (unpaired) electrons. The Morgan fingerprint density at radius 2 is 1.79 bits per heavy atom. The van der Waals surface area contributed by atoms with E-state index in [2.05, 4.69) is 14.8 Å². The van der Waals surface area contributed by atoms with Gasteiger partial charge in [-0.15, -0.1) is 13.2 Å². The van der Waals surface area contributed by atoms with Crippen LogP contribution in [0.25, 0.3) is 0 Å². The second-order valence-electron chi connectivity index (χ2n) is 6.28. The molecule has 0 aliphatic rings. The summed E-state index contributed by atoms with van der Waals surface area (Å²) in [6, 6.07) is 9.90. The van der Waals surface area contributed by atoms with E-state index in [1.54, 1.807) is 6.07 Å². The second-order valence-corrected chi connectivity index (χ2v) is 7.96. The molecule has 2 N–H and O–H groups in total. The molecule has 28 heavy (non-hydrogen) atoms. The largest absolute Gasteiger partial charge is 0.573 e. The lowest BCUT2D eigenvalue weighted by molar-refractivity contribution is -0.274. The number of para-hydroxylation sites is 1. The standard InChI is InChI=1S/C18H19F3N2O4S/c1-12(2)11-22-17(24)15-8-3-4-9-16(15)23-28(25,26)14-7-5-6-13(10-14)27-18(19,20)21/h3-10,12,23H,11H2,1-2H3,(H,22,24). The number of hydrogen-bond acceptors (Lipinski definition) is 4. The number of rotatable bonds is 7. The zero-order valence-electron chi connectivity index (χ0n) is 15.1. The molecule has 2 aromatic carbocycles. The molecule has 6 nitrogen and oxygen atoms in total. The van der Waals surface area contributed by atoms with Crippen LogP contribution in [0.3, 0.4) is 0 Å². The van der Waals surface area contributed by atoms with Crippen LogP contribution < -0.4 is 14.8 Å².